The van der Waals surface area contributed by atoms with E-state index in [4.69, 9.17) is 13.8 Å². The van der Waals surface area contributed by atoms with Gasteiger partial charge in [-0.1, -0.05) is 50.1 Å². The quantitative estimate of drug-likeness (QED) is 0.170. The summed E-state index contributed by atoms with van der Waals surface area (Å²) < 4.78 is 30.8. The van der Waals surface area contributed by atoms with E-state index in [0.717, 1.165) is 18.4 Å². The molecule has 1 fully saturated rings. The van der Waals surface area contributed by atoms with Gasteiger partial charge in [0.25, 0.3) is 0 Å². The lowest BCUT2D eigenvalue weighted by molar-refractivity contribution is -0.196. The van der Waals surface area contributed by atoms with E-state index in [1.54, 1.807) is 26.0 Å². The summed E-state index contributed by atoms with van der Waals surface area (Å²) in [5, 5.41) is 42.6. The van der Waals surface area contributed by atoms with E-state index in [2.05, 4.69) is 5.32 Å². The Kier molecular flexibility index (Phi) is 13.9. The van der Waals surface area contributed by atoms with Gasteiger partial charge in [-0.3, -0.25) is 14.2 Å². The number of benzene rings is 1. The molecule has 0 aliphatic carbocycles. The largest absolute Gasteiger partial charge is 0.394 e. The van der Waals surface area contributed by atoms with Gasteiger partial charge < -0.3 is 39.5 Å². The summed E-state index contributed by atoms with van der Waals surface area (Å²) in [4.78, 5) is 24.8. The van der Waals surface area contributed by atoms with Gasteiger partial charge in [0.05, 0.1) is 37.6 Å². The normalized spacial score (nSPS) is 25.6. The number of aliphatic hydroxyl groups is 4. The molecule has 40 heavy (non-hydrogen) atoms. The van der Waals surface area contributed by atoms with Crippen LogP contribution in [0.2, 0.25) is 0 Å². The second-order valence-corrected chi connectivity index (χ2v) is 13.4. The Balaban J connectivity index is 2.06. The standard InChI is InChI=1S/C28H46NO10P/c1-19(9-8-13-28(3,4)35)12-14-37-40(36,38-17-21-10-6-5-7-11-21)18-22(32)15-23-25(29-20(2)31)27(34)26(33)24(16-30)39-23/h5-7,10-11,19,23-27,30,33-35H,8-9,12-18H2,1-4H3,(H,29,31)/t19-,23-,24-,25+,26-,27-,40?/m1/s1. The Bertz CT molecular complexity index is 970. The Morgan fingerprint density at radius 3 is 2.38 bits per heavy atom. The first-order valence-corrected chi connectivity index (χ1v) is 15.5. The number of carbonyl (C=O) groups is 2. The van der Waals surface area contributed by atoms with E-state index in [-0.39, 0.29) is 25.6 Å². The fraction of sp³-hybridized carbons (Fsp3) is 0.714. The topological polar surface area (TPSA) is 172 Å². The van der Waals surface area contributed by atoms with E-state index in [1.807, 2.05) is 25.1 Å². The minimum atomic E-state index is -3.91. The number of ketones is 1. The van der Waals surface area contributed by atoms with Crippen LogP contribution in [0.25, 0.3) is 0 Å². The van der Waals surface area contributed by atoms with Crippen molar-refractivity contribution in [3.63, 3.8) is 0 Å². The van der Waals surface area contributed by atoms with Crippen LogP contribution in [-0.2, 0) is 34.5 Å². The van der Waals surface area contributed by atoms with E-state index < -0.39 is 68.1 Å². The molecule has 0 aromatic heterocycles. The van der Waals surface area contributed by atoms with Crippen LogP contribution in [0.3, 0.4) is 0 Å². The third-order valence-corrected chi connectivity index (χ3v) is 8.69. The molecule has 1 saturated heterocycles. The smallest absolute Gasteiger partial charge is 0.338 e. The highest BCUT2D eigenvalue weighted by molar-refractivity contribution is 7.54. The highest BCUT2D eigenvalue weighted by Gasteiger charge is 2.45. The van der Waals surface area contributed by atoms with E-state index >= 15 is 0 Å². The number of nitrogens with one attached hydrogen (secondary N) is 1. The summed E-state index contributed by atoms with van der Waals surface area (Å²) in [5.74, 6) is -0.815. The zero-order valence-electron chi connectivity index (χ0n) is 23.9. The fourth-order valence-corrected chi connectivity index (χ4v) is 6.13. The van der Waals surface area contributed by atoms with Gasteiger partial charge in [0.1, 0.15) is 30.3 Å². The molecule has 0 bridgehead atoms. The van der Waals surface area contributed by atoms with E-state index in [0.29, 0.717) is 12.8 Å². The maximum atomic E-state index is 13.7. The van der Waals surface area contributed by atoms with E-state index in [9.17, 15) is 34.6 Å². The molecule has 12 heteroatoms. The van der Waals surface area contributed by atoms with Crippen molar-refractivity contribution in [3.05, 3.63) is 35.9 Å². The maximum absolute atomic E-state index is 13.7. The summed E-state index contributed by atoms with van der Waals surface area (Å²) in [6.45, 7) is 6.26. The van der Waals surface area contributed by atoms with Crippen molar-refractivity contribution in [2.75, 3.05) is 19.4 Å². The minimum Gasteiger partial charge on any atom is -0.394 e. The molecule has 0 spiro atoms. The molecule has 7 atom stereocenters. The van der Waals surface area contributed by atoms with Gasteiger partial charge >= 0.3 is 7.60 Å². The van der Waals surface area contributed by atoms with Crippen LogP contribution in [-0.4, -0.2) is 87.6 Å². The molecule has 1 heterocycles. The molecule has 0 saturated carbocycles. The van der Waals surface area contributed by atoms with Gasteiger partial charge in [0, 0.05) is 13.3 Å². The predicted molar refractivity (Wildman–Crippen MR) is 149 cm³/mol. The minimum absolute atomic E-state index is 0.0293. The zero-order valence-corrected chi connectivity index (χ0v) is 24.8. The number of hydrogen-bond acceptors (Lipinski definition) is 10. The zero-order chi connectivity index (χ0) is 29.9. The third-order valence-electron chi connectivity index (χ3n) is 6.85. The van der Waals surface area contributed by atoms with Gasteiger partial charge in [-0.15, -0.1) is 0 Å². The molecular weight excluding hydrogens is 541 g/mol. The highest BCUT2D eigenvalue weighted by Crippen LogP contribution is 2.49. The van der Waals surface area contributed by atoms with Crippen molar-refractivity contribution in [3.8, 4) is 0 Å². The molecule has 1 aromatic carbocycles. The van der Waals surface area contributed by atoms with Crippen LogP contribution in [0.5, 0.6) is 0 Å². The molecule has 228 valence electrons. The van der Waals surface area contributed by atoms with Crippen molar-refractivity contribution < 1.29 is 48.4 Å². The lowest BCUT2D eigenvalue weighted by Gasteiger charge is -2.42. The van der Waals surface area contributed by atoms with E-state index in [1.165, 1.54) is 6.92 Å². The number of amides is 1. The summed E-state index contributed by atoms with van der Waals surface area (Å²) >= 11 is 0. The first kappa shape index (κ1) is 34.5. The van der Waals surface area contributed by atoms with Crippen LogP contribution >= 0.6 is 7.60 Å². The molecule has 1 unspecified atom stereocenters. The van der Waals surface area contributed by atoms with Crippen LogP contribution in [0, 0.1) is 5.92 Å². The maximum Gasteiger partial charge on any atom is 0.338 e. The Morgan fingerprint density at radius 1 is 1.10 bits per heavy atom. The highest BCUT2D eigenvalue weighted by atomic mass is 31.2. The first-order chi connectivity index (χ1) is 18.7. The molecule has 1 aromatic rings. The fourth-order valence-electron chi connectivity index (χ4n) is 4.58. The SMILES string of the molecule is CC(=O)N[C@@H]1[C@@H](O)[C@H](O)[C@@H](CO)O[C@@H]1CC(=O)CP(=O)(OCC[C@H](C)CCCC(C)(C)O)OCc1ccccc1. The molecular formula is C28H46NO10P. The second kappa shape index (κ2) is 16.1. The molecule has 11 nitrogen and oxygen atoms in total. The number of aliphatic hydroxyl groups excluding tert-OH is 3. The molecule has 1 aliphatic heterocycles. The van der Waals surface area contributed by atoms with Crippen molar-refractivity contribution in [2.24, 2.45) is 5.92 Å². The molecule has 1 aliphatic rings. The van der Waals surface area contributed by atoms with Crippen molar-refractivity contribution in [1.82, 2.24) is 5.32 Å². The predicted octanol–water partition coefficient (Wildman–Crippen LogP) is 2.33. The lowest BCUT2D eigenvalue weighted by Crippen LogP contribution is -2.64. The molecule has 0 radical (unpaired) electrons. The number of ether oxygens (including phenoxy) is 1. The average Bonchev–Trinajstić information content (AvgIpc) is 2.87. The van der Waals surface area contributed by atoms with Crippen LogP contribution < -0.4 is 5.32 Å². The summed E-state index contributed by atoms with van der Waals surface area (Å²) in [6, 6.07) is 7.94. The average molecular weight is 588 g/mol. The summed E-state index contributed by atoms with van der Waals surface area (Å²) in [5.41, 5.74) is 0.0205. The Morgan fingerprint density at radius 2 is 1.77 bits per heavy atom. The lowest BCUT2D eigenvalue weighted by atomic mass is 9.90. The van der Waals surface area contributed by atoms with Crippen molar-refractivity contribution in [2.45, 2.75) is 102 Å². The van der Waals surface area contributed by atoms with Crippen molar-refractivity contribution in [1.29, 1.82) is 0 Å². The van der Waals surface area contributed by atoms with Crippen LogP contribution in [0.1, 0.15) is 65.4 Å². The number of hydrogen-bond donors (Lipinski definition) is 5. The molecule has 5 N–H and O–H groups in total. The second-order valence-electron chi connectivity index (χ2n) is 11.3. The van der Waals surface area contributed by atoms with Crippen LogP contribution in [0.4, 0.5) is 0 Å². The third kappa shape index (κ3) is 12.0. The Labute approximate surface area is 236 Å². The molecule has 1 amide bonds. The number of Topliss-reactive ketones (excluding diaryl/α,β-unsaturated/α-hetero) is 1. The molecule has 2 rings (SSSR count). The van der Waals surface area contributed by atoms with Crippen LogP contribution in [0.15, 0.2) is 30.3 Å². The van der Waals surface area contributed by atoms with Gasteiger partial charge in [0.15, 0.2) is 0 Å². The monoisotopic (exact) mass is 587 g/mol. The van der Waals surface area contributed by atoms with Gasteiger partial charge in [0.2, 0.25) is 5.91 Å². The van der Waals surface area contributed by atoms with Gasteiger partial charge in [-0.25, -0.2) is 0 Å². The summed E-state index contributed by atoms with van der Waals surface area (Å²) in [6.07, 6.45) is -3.18. The summed E-state index contributed by atoms with van der Waals surface area (Å²) in [7, 11) is -3.91. The Hall–Kier alpha value is -1.69. The number of carbonyl (C=O) groups excluding carboxylic acids is 2. The van der Waals surface area contributed by atoms with Gasteiger partial charge in [-0.05, 0) is 38.2 Å². The number of rotatable bonds is 17. The first-order valence-electron chi connectivity index (χ1n) is 13.8. The van der Waals surface area contributed by atoms with Gasteiger partial charge in [-0.2, -0.15) is 0 Å². The van der Waals surface area contributed by atoms with Crippen molar-refractivity contribution >= 4 is 19.3 Å².